The number of fused-ring (bicyclic) bond motifs is 1. The maximum atomic E-state index is 4.40. The summed E-state index contributed by atoms with van der Waals surface area (Å²) >= 11 is 0. The standard InChI is InChI=1S/C10H10N4/c1-2-4-7(3-1)9-11-5-8-10(14-9)13-6-12-8/h3,5-6H,1-2,4H2,(H,11,12,13,14). The molecule has 2 aromatic rings. The minimum absolute atomic E-state index is 0.753. The number of rotatable bonds is 1. The second-order valence-corrected chi connectivity index (χ2v) is 3.46. The van der Waals surface area contributed by atoms with Crippen LogP contribution in [0.25, 0.3) is 16.7 Å². The molecule has 0 fully saturated rings. The van der Waals surface area contributed by atoms with Crippen molar-refractivity contribution < 1.29 is 0 Å². The highest BCUT2D eigenvalue weighted by Crippen LogP contribution is 2.25. The Hall–Kier alpha value is -1.71. The molecule has 0 atom stereocenters. The largest absolute Gasteiger partial charge is 0.342 e. The van der Waals surface area contributed by atoms with Crippen LogP contribution in [0.15, 0.2) is 18.6 Å². The van der Waals surface area contributed by atoms with Gasteiger partial charge in [0.2, 0.25) is 0 Å². The van der Waals surface area contributed by atoms with E-state index in [9.17, 15) is 0 Å². The van der Waals surface area contributed by atoms with Gasteiger partial charge in [-0.15, -0.1) is 0 Å². The Bertz CT molecular complexity index is 498. The summed E-state index contributed by atoms with van der Waals surface area (Å²) in [5.41, 5.74) is 2.91. The molecular weight excluding hydrogens is 176 g/mol. The van der Waals surface area contributed by atoms with Crippen molar-refractivity contribution in [3.63, 3.8) is 0 Å². The lowest BCUT2D eigenvalue weighted by Gasteiger charge is -1.98. The van der Waals surface area contributed by atoms with E-state index < -0.39 is 0 Å². The molecule has 14 heavy (non-hydrogen) atoms. The summed E-state index contributed by atoms with van der Waals surface area (Å²) in [7, 11) is 0. The zero-order chi connectivity index (χ0) is 9.38. The molecule has 70 valence electrons. The molecule has 4 nitrogen and oxygen atoms in total. The van der Waals surface area contributed by atoms with E-state index in [1.807, 2.05) is 0 Å². The fourth-order valence-corrected chi connectivity index (χ4v) is 1.76. The summed E-state index contributed by atoms with van der Waals surface area (Å²) < 4.78 is 0. The van der Waals surface area contributed by atoms with Gasteiger partial charge in [0.05, 0.1) is 12.5 Å². The molecule has 4 heteroatoms. The summed E-state index contributed by atoms with van der Waals surface area (Å²) in [4.78, 5) is 15.8. The number of aromatic amines is 1. The number of hydrogen-bond acceptors (Lipinski definition) is 3. The number of nitrogens with zero attached hydrogens (tertiary/aromatic N) is 3. The minimum atomic E-state index is 0.753. The number of imidazole rings is 1. The van der Waals surface area contributed by atoms with Crippen LogP contribution in [0.4, 0.5) is 0 Å². The van der Waals surface area contributed by atoms with E-state index >= 15 is 0 Å². The van der Waals surface area contributed by atoms with Crippen molar-refractivity contribution in [3.8, 4) is 0 Å². The molecular formula is C10H10N4. The van der Waals surface area contributed by atoms with Crippen LogP contribution in [0.5, 0.6) is 0 Å². The van der Waals surface area contributed by atoms with Crippen molar-refractivity contribution >= 4 is 16.7 Å². The van der Waals surface area contributed by atoms with Gasteiger partial charge >= 0.3 is 0 Å². The lowest BCUT2D eigenvalue weighted by Crippen LogP contribution is -1.92. The predicted octanol–water partition coefficient (Wildman–Crippen LogP) is 1.92. The SMILES string of the molecule is C1=C(c2ncc3[nH]cnc3n2)CCC1. The van der Waals surface area contributed by atoms with Gasteiger partial charge in [0.25, 0.3) is 0 Å². The second kappa shape index (κ2) is 2.90. The molecule has 2 aromatic heterocycles. The van der Waals surface area contributed by atoms with E-state index in [0.717, 1.165) is 29.8 Å². The third kappa shape index (κ3) is 1.11. The molecule has 1 aliphatic rings. The van der Waals surface area contributed by atoms with Crippen molar-refractivity contribution in [3.05, 3.63) is 24.4 Å². The van der Waals surface area contributed by atoms with Gasteiger partial charge in [-0.2, -0.15) is 0 Å². The maximum absolute atomic E-state index is 4.40. The van der Waals surface area contributed by atoms with Crippen molar-refractivity contribution in [2.24, 2.45) is 0 Å². The number of nitrogens with one attached hydrogen (secondary N) is 1. The first kappa shape index (κ1) is 7.67. The quantitative estimate of drug-likeness (QED) is 0.740. The van der Waals surface area contributed by atoms with Crippen LogP contribution in [0.2, 0.25) is 0 Å². The number of allylic oxidation sites excluding steroid dienone is 2. The maximum Gasteiger partial charge on any atom is 0.181 e. The molecule has 0 bridgehead atoms. The van der Waals surface area contributed by atoms with E-state index in [0.29, 0.717) is 0 Å². The van der Waals surface area contributed by atoms with E-state index in [2.05, 4.69) is 26.0 Å². The third-order valence-corrected chi connectivity index (χ3v) is 2.50. The van der Waals surface area contributed by atoms with Crippen LogP contribution in [0, 0.1) is 0 Å². The van der Waals surface area contributed by atoms with Crippen LogP contribution in [-0.2, 0) is 0 Å². The molecule has 0 radical (unpaired) electrons. The summed E-state index contributed by atoms with van der Waals surface area (Å²) in [6.45, 7) is 0. The van der Waals surface area contributed by atoms with Gasteiger partial charge in [0, 0.05) is 0 Å². The van der Waals surface area contributed by atoms with Gasteiger partial charge < -0.3 is 4.98 Å². The van der Waals surface area contributed by atoms with Crippen LogP contribution < -0.4 is 0 Å². The fourth-order valence-electron chi connectivity index (χ4n) is 1.76. The lowest BCUT2D eigenvalue weighted by atomic mass is 10.2. The van der Waals surface area contributed by atoms with Crippen LogP contribution in [-0.4, -0.2) is 19.9 Å². The Balaban J connectivity index is 2.13. The normalized spacial score (nSPS) is 16.1. The van der Waals surface area contributed by atoms with Crippen molar-refractivity contribution in [2.45, 2.75) is 19.3 Å². The highest BCUT2D eigenvalue weighted by Gasteiger charge is 2.10. The molecule has 0 saturated carbocycles. The lowest BCUT2D eigenvalue weighted by molar-refractivity contribution is 0.928. The fraction of sp³-hybridized carbons (Fsp3) is 0.300. The monoisotopic (exact) mass is 186 g/mol. The molecule has 2 heterocycles. The topological polar surface area (TPSA) is 54.5 Å². The minimum Gasteiger partial charge on any atom is -0.342 e. The molecule has 1 N–H and O–H groups in total. The molecule has 0 spiro atoms. The van der Waals surface area contributed by atoms with E-state index in [4.69, 9.17) is 0 Å². The van der Waals surface area contributed by atoms with Gasteiger partial charge in [-0.05, 0) is 24.8 Å². The second-order valence-electron chi connectivity index (χ2n) is 3.46. The van der Waals surface area contributed by atoms with Gasteiger partial charge in [-0.1, -0.05) is 6.08 Å². The molecule has 0 unspecified atom stereocenters. The molecule has 0 aliphatic heterocycles. The van der Waals surface area contributed by atoms with Crippen LogP contribution in [0.1, 0.15) is 25.1 Å². The smallest absolute Gasteiger partial charge is 0.181 e. The summed E-state index contributed by atoms with van der Waals surface area (Å²) in [6.07, 6.45) is 9.12. The van der Waals surface area contributed by atoms with Gasteiger partial charge in [0.1, 0.15) is 5.52 Å². The zero-order valence-corrected chi connectivity index (χ0v) is 7.70. The Morgan fingerprint density at radius 2 is 2.29 bits per heavy atom. The molecule has 3 rings (SSSR count). The summed E-state index contributed by atoms with van der Waals surface area (Å²) in [5, 5.41) is 0. The first-order valence-electron chi connectivity index (χ1n) is 4.79. The average Bonchev–Trinajstić information content (AvgIpc) is 2.88. The molecule has 0 saturated heterocycles. The summed E-state index contributed by atoms with van der Waals surface area (Å²) in [6, 6.07) is 0. The Morgan fingerprint density at radius 1 is 1.29 bits per heavy atom. The zero-order valence-electron chi connectivity index (χ0n) is 7.70. The first-order chi connectivity index (χ1) is 6.93. The predicted molar refractivity (Wildman–Crippen MR) is 53.5 cm³/mol. The Morgan fingerprint density at radius 3 is 3.14 bits per heavy atom. The molecule has 1 aliphatic carbocycles. The number of H-pyrrole nitrogens is 1. The van der Waals surface area contributed by atoms with Crippen molar-refractivity contribution in [2.75, 3.05) is 0 Å². The van der Waals surface area contributed by atoms with E-state index in [-0.39, 0.29) is 0 Å². The van der Waals surface area contributed by atoms with Crippen LogP contribution in [0.3, 0.4) is 0 Å². The summed E-state index contributed by atoms with van der Waals surface area (Å²) in [5.74, 6) is 0.835. The van der Waals surface area contributed by atoms with Gasteiger partial charge in [-0.25, -0.2) is 15.0 Å². The molecule has 0 aromatic carbocycles. The van der Waals surface area contributed by atoms with Crippen molar-refractivity contribution in [1.29, 1.82) is 0 Å². The highest BCUT2D eigenvalue weighted by molar-refractivity contribution is 5.72. The average molecular weight is 186 g/mol. The van der Waals surface area contributed by atoms with E-state index in [1.165, 1.54) is 12.0 Å². The Kier molecular flexibility index (Phi) is 1.59. The number of aromatic nitrogens is 4. The Labute approximate surface area is 81.1 Å². The number of hydrogen-bond donors (Lipinski definition) is 1. The third-order valence-electron chi connectivity index (χ3n) is 2.50. The molecule has 0 amide bonds. The van der Waals surface area contributed by atoms with Gasteiger partial charge in [-0.3, -0.25) is 0 Å². The highest BCUT2D eigenvalue weighted by atomic mass is 15.0. The van der Waals surface area contributed by atoms with E-state index in [1.54, 1.807) is 12.5 Å². The van der Waals surface area contributed by atoms with Crippen molar-refractivity contribution in [1.82, 2.24) is 19.9 Å². The van der Waals surface area contributed by atoms with Crippen LogP contribution >= 0.6 is 0 Å². The van der Waals surface area contributed by atoms with Gasteiger partial charge in [0.15, 0.2) is 11.5 Å². The first-order valence-corrected chi connectivity index (χ1v) is 4.79.